The molecule has 1 unspecified atom stereocenters. The third-order valence-electron chi connectivity index (χ3n) is 3.94. The van der Waals surface area contributed by atoms with Crippen LogP contribution in [0.5, 0.6) is 0 Å². The fourth-order valence-corrected chi connectivity index (χ4v) is 4.03. The van der Waals surface area contributed by atoms with Crippen LogP contribution in [0.1, 0.15) is 18.4 Å². The van der Waals surface area contributed by atoms with E-state index in [4.69, 9.17) is 0 Å². The lowest BCUT2D eigenvalue weighted by molar-refractivity contribution is -0.222. The molecule has 124 valence electrons. The summed E-state index contributed by atoms with van der Waals surface area (Å²) in [5, 5.41) is 9.25. The van der Waals surface area contributed by atoms with Crippen LogP contribution in [-0.2, 0) is 10.0 Å². The van der Waals surface area contributed by atoms with Gasteiger partial charge in [-0.15, -0.1) is 0 Å². The number of sulfonamides is 1. The van der Waals surface area contributed by atoms with Crippen molar-refractivity contribution in [1.82, 2.24) is 4.31 Å². The van der Waals surface area contributed by atoms with Crippen molar-refractivity contribution in [3.63, 3.8) is 0 Å². The quantitative estimate of drug-likeness (QED) is 0.921. The average molecular weight is 337 g/mol. The summed E-state index contributed by atoms with van der Waals surface area (Å²) in [7, 11) is -3.69. The van der Waals surface area contributed by atoms with Crippen molar-refractivity contribution in [1.29, 1.82) is 0 Å². The highest BCUT2D eigenvalue weighted by molar-refractivity contribution is 7.89. The lowest BCUT2D eigenvalue weighted by atomic mass is 9.92. The maximum Gasteiger partial charge on any atom is 0.414 e. The largest absolute Gasteiger partial charge is 0.414 e. The summed E-state index contributed by atoms with van der Waals surface area (Å²) in [4.78, 5) is 0.132. The fraction of sp³-hybridized carbons (Fsp3) is 0.571. The Morgan fingerprint density at radius 2 is 1.68 bits per heavy atom. The van der Waals surface area contributed by atoms with Gasteiger partial charge in [0.2, 0.25) is 10.0 Å². The maximum absolute atomic E-state index is 12.5. The van der Waals surface area contributed by atoms with Crippen molar-refractivity contribution >= 4 is 10.0 Å². The summed E-state index contributed by atoms with van der Waals surface area (Å²) >= 11 is 0. The number of halogens is 3. The predicted molar refractivity (Wildman–Crippen MR) is 74.7 cm³/mol. The van der Waals surface area contributed by atoms with E-state index in [1.165, 1.54) is 16.4 Å². The molecule has 1 aliphatic heterocycles. The zero-order valence-corrected chi connectivity index (χ0v) is 12.9. The van der Waals surface area contributed by atoms with Crippen molar-refractivity contribution in [2.75, 3.05) is 13.1 Å². The van der Waals surface area contributed by atoms with Gasteiger partial charge in [-0.25, -0.2) is 8.42 Å². The number of hydrogen-bond donors (Lipinski definition) is 1. The van der Waals surface area contributed by atoms with E-state index in [1.54, 1.807) is 12.1 Å². The van der Waals surface area contributed by atoms with Gasteiger partial charge in [-0.05, 0) is 37.8 Å². The van der Waals surface area contributed by atoms with Crippen molar-refractivity contribution in [3.05, 3.63) is 29.8 Å². The Bertz CT molecular complexity index is 605. The van der Waals surface area contributed by atoms with E-state index in [-0.39, 0.29) is 30.8 Å². The molecule has 1 heterocycles. The van der Waals surface area contributed by atoms with Gasteiger partial charge in [0.25, 0.3) is 0 Å². The Morgan fingerprint density at radius 1 is 1.18 bits per heavy atom. The van der Waals surface area contributed by atoms with Crippen LogP contribution in [0.4, 0.5) is 13.2 Å². The molecular weight excluding hydrogens is 319 g/mol. The Morgan fingerprint density at radius 3 is 2.14 bits per heavy atom. The molecule has 8 heteroatoms. The first-order valence-electron chi connectivity index (χ1n) is 6.94. The minimum absolute atomic E-state index is 0.00817. The first kappa shape index (κ1) is 17.2. The molecule has 0 aliphatic carbocycles. The van der Waals surface area contributed by atoms with Crippen LogP contribution in [0.15, 0.2) is 29.2 Å². The molecule has 1 aliphatic rings. The normalized spacial score (nSPS) is 20.0. The highest BCUT2D eigenvalue weighted by Gasteiger charge is 2.45. The second kappa shape index (κ2) is 6.17. The van der Waals surface area contributed by atoms with Gasteiger partial charge in [0.1, 0.15) is 0 Å². The van der Waals surface area contributed by atoms with Crippen molar-refractivity contribution in [2.24, 2.45) is 5.92 Å². The number of piperidine rings is 1. The van der Waals surface area contributed by atoms with Gasteiger partial charge < -0.3 is 5.11 Å². The summed E-state index contributed by atoms with van der Waals surface area (Å²) in [6.45, 7) is 1.79. The third kappa shape index (κ3) is 3.61. The topological polar surface area (TPSA) is 57.6 Å². The lowest BCUT2D eigenvalue weighted by Gasteiger charge is -2.34. The van der Waals surface area contributed by atoms with E-state index in [2.05, 4.69) is 0 Å². The Hall–Kier alpha value is -1.12. The SMILES string of the molecule is Cc1ccc(S(=O)(=O)N2CCC(C(O)C(F)(F)F)CC2)cc1. The van der Waals surface area contributed by atoms with Crippen LogP contribution in [-0.4, -0.2) is 43.2 Å². The van der Waals surface area contributed by atoms with Gasteiger partial charge in [-0.1, -0.05) is 17.7 Å². The van der Waals surface area contributed by atoms with Crippen LogP contribution in [0, 0.1) is 12.8 Å². The first-order chi connectivity index (χ1) is 10.1. The summed E-state index contributed by atoms with van der Waals surface area (Å²) in [5.41, 5.74) is 0.922. The van der Waals surface area contributed by atoms with Crippen molar-refractivity contribution < 1.29 is 26.7 Å². The third-order valence-corrected chi connectivity index (χ3v) is 5.85. The molecule has 0 bridgehead atoms. The van der Waals surface area contributed by atoms with Crippen molar-refractivity contribution in [2.45, 2.75) is 36.9 Å². The molecule has 22 heavy (non-hydrogen) atoms. The number of nitrogens with zero attached hydrogens (tertiary/aromatic N) is 1. The van der Waals surface area contributed by atoms with E-state index in [0.29, 0.717) is 0 Å². The molecule has 0 aromatic heterocycles. The second-order valence-corrected chi connectivity index (χ2v) is 7.48. The number of hydrogen-bond acceptors (Lipinski definition) is 3. The minimum atomic E-state index is -4.66. The van der Waals surface area contributed by atoms with Crippen molar-refractivity contribution in [3.8, 4) is 0 Å². The van der Waals surface area contributed by atoms with Crippen LogP contribution in [0.3, 0.4) is 0 Å². The second-order valence-electron chi connectivity index (χ2n) is 5.54. The van der Waals surface area contributed by atoms with Gasteiger partial charge in [0.15, 0.2) is 6.10 Å². The summed E-state index contributed by atoms with van der Waals surface area (Å²) in [6.07, 6.45) is -7.07. The number of aryl methyl sites for hydroxylation is 1. The monoisotopic (exact) mass is 337 g/mol. The zero-order chi connectivity index (χ0) is 16.5. The molecule has 1 fully saturated rings. The van der Waals surface area contributed by atoms with E-state index in [1.807, 2.05) is 6.92 Å². The van der Waals surface area contributed by atoms with Crippen LogP contribution in [0.2, 0.25) is 0 Å². The highest BCUT2D eigenvalue weighted by Crippen LogP contribution is 2.33. The number of benzene rings is 1. The lowest BCUT2D eigenvalue weighted by Crippen LogP contribution is -2.45. The molecule has 1 atom stereocenters. The zero-order valence-electron chi connectivity index (χ0n) is 12.0. The van der Waals surface area contributed by atoms with Crippen LogP contribution < -0.4 is 0 Å². The summed E-state index contributed by atoms with van der Waals surface area (Å²) in [6, 6.07) is 6.32. The molecule has 0 radical (unpaired) electrons. The number of rotatable bonds is 3. The minimum Gasteiger partial charge on any atom is -0.383 e. The van der Waals surface area contributed by atoms with Crippen LogP contribution >= 0.6 is 0 Å². The number of aliphatic hydroxyl groups excluding tert-OH is 1. The maximum atomic E-state index is 12.5. The Labute approximate surface area is 127 Å². The molecule has 1 aromatic rings. The van der Waals surface area contributed by atoms with Gasteiger partial charge in [0.05, 0.1) is 4.90 Å². The first-order valence-corrected chi connectivity index (χ1v) is 8.38. The van der Waals surface area contributed by atoms with Gasteiger partial charge in [0, 0.05) is 13.1 Å². The molecule has 1 N–H and O–H groups in total. The smallest absolute Gasteiger partial charge is 0.383 e. The highest BCUT2D eigenvalue weighted by atomic mass is 32.2. The molecule has 2 rings (SSSR count). The molecule has 1 saturated heterocycles. The fourth-order valence-electron chi connectivity index (χ4n) is 2.56. The van der Waals surface area contributed by atoms with E-state index >= 15 is 0 Å². The Kier molecular flexibility index (Phi) is 4.84. The van der Waals surface area contributed by atoms with Gasteiger partial charge in [-0.2, -0.15) is 17.5 Å². The van der Waals surface area contributed by atoms with E-state index < -0.39 is 28.2 Å². The molecule has 0 spiro atoms. The number of alkyl halides is 3. The molecular formula is C14H18F3NO3S. The summed E-state index contributed by atoms with van der Waals surface area (Å²) < 4.78 is 63.5. The molecule has 0 saturated carbocycles. The van der Waals surface area contributed by atoms with Gasteiger partial charge >= 0.3 is 6.18 Å². The average Bonchev–Trinajstić information content (AvgIpc) is 2.46. The predicted octanol–water partition coefficient (Wildman–Crippen LogP) is 2.32. The molecule has 1 aromatic carbocycles. The van der Waals surface area contributed by atoms with E-state index in [9.17, 15) is 26.7 Å². The molecule has 0 amide bonds. The van der Waals surface area contributed by atoms with Gasteiger partial charge in [-0.3, -0.25) is 0 Å². The number of aliphatic hydroxyl groups is 1. The van der Waals surface area contributed by atoms with Crippen LogP contribution in [0.25, 0.3) is 0 Å². The standard InChI is InChI=1S/C14H18F3NO3S/c1-10-2-4-12(5-3-10)22(20,21)18-8-6-11(7-9-18)13(19)14(15,16)17/h2-5,11,13,19H,6-9H2,1H3. The molecule has 4 nitrogen and oxygen atoms in total. The Balaban J connectivity index is 2.06. The van der Waals surface area contributed by atoms with E-state index in [0.717, 1.165) is 5.56 Å². The summed E-state index contributed by atoms with van der Waals surface area (Å²) in [5.74, 6) is -0.954.